The van der Waals surface area contributed by atoms with Crippen molar-refractivity contribution in [2.75, 3.05) is 18.5 Å². The van der Waals surface area contributed by atoms with Gasteiger partial charge in [0.25, 0.3) is 0 Å². The molecule has 96 valence electrons. The lowest BCUT2D eigenvalue weighted by atomic mass is 10.1. The van der Waals surface area contributed by atoms with Crippen molar-refractivity contribution in [2.45, 2.75) is 12.8 Å². The second-order valence-electron chi connectivity index (χ2n) is 4.16. The summed E-state index contributed by atoms with van der Waals surface area (Å²) in [4.78, 5) is 26.2. The molecule has 1 aliphatic rings. The molecule has 1 fully saturated rings. The molecular formula is C12H14N2O4. The van der Waals surface area contributed by atoms with E-state index >= 15 is 0 Å². The van der Waals surface area contributed by atoms with Gasteiger partial charge in [0.15, 0.2) is 0 Å². The van der Waals surface area contributed by atoms with Gasteiger partial charge < -0.3 is 15.2 Å². The van der Waals surface area contributed by atoms with Crippen LogP contribution in [0.1, 0.15) is 12.1 Å². The van der Waals surface area contributed by atoms with Crippen LogP contribution in [0.15, 0.2) is 18.3 Å². The summed E-state index contributed by atoms with van der Waals surface area (Å²) >= 11 is 0. The van der Waals surface area contributed by atoms with Gasteiger partial charge in [0, 0.05) is 6.61 Å². The number of aliphatic carboxylic acids is 1. The van der Waals surface area contributed by atoms with Gasteiger partial charge in [0.05, 0.1) is 36.5 Å². The van der Waals surface area contributed by atoms with Crippen LogP contribution in [-0.4, -0.2) is 35.2 Å². The average molecular weight is 250 g/mol. The summed E-state index contributed by atoms with van der Waals surface area (Å²) in [7, 11) is 0. The molecule has 6 heteroatoms. The lowest BCUT2D eigenvalue weighted by Crippen LogP contribution is -2.22. The summed E-state index contributed by atoms with van der Waals surface area (Å²) < 4.78 is 5.14. The number of carboxylic acid groups (broad SMARTS) is 1. The van der Waals surface area contributed by atoms with Crippen molar-refractivity contribution in [2.24, 2.45) is 5.92 Å². The molecule has 1 aliphatic heterocycles. The molecule has 2 N–H and O–H groups in total. The quantitative estimate of drug-likeness (QED) is 0.820. The summed E-state index contributed by atoms with van der Waals surface area (Å²) in [5.41, 5.74) is 1.03. The topological polar surface area (TPSA) is 88.5 Å². The Morgan fingerprint density at radius 3 is 2.89 bits per heavy atom. The number of carbonyl (C=O) groups is 2. The number of anilines is 1. The predicted molar refractivity (Wildman–Crippen MR) is 63.1 cm³/mol. The minimum Gasteiger partial charge on any atom is -0.481 e. The molecule has 0 radical (unpaired) electrons. The molecule has 18 heavy (non-hydrogen) atoms. The van der Waals surface area contributed by atoms with Crippen LogP contribution >= 0.6 is 0 Å². The highest BCUT2D eigenvalue weighted by Gasteiger charge is 2.23. The molecule has 0 saturated carbocycles. The first kappa shape index (κ1) is 12.5. The van der Waals surface area contributed by atoms with Crippen molar-refractivity contribution in [3.05, 3.63) is 24.0 Å². The first-order chi connectivity index (χ1) is 8.65. The number of aromatic nitrogens is 1. The third kappa shape index (κ3) is 3.27. The van der Waals surface area contributed by atoms with Crippen molar-refractivity contribution in [3.8, 4) is 0 Å². The summed E-state index contributed by atoms with van der Waals surface area (Å²) in [5, 5.41) is 11.3. The number of nitrogens with one attached hydrogen (secondary N) is 1. The highest BCUT2D eigenvalue weighted by molar-refractivity contribution is 5.92. The van der Waals surface area contributed by atoms with Gasteiger partial charge in [-0.15, -0.1) is 0 Å². The summed E-state index contributed by atoms with van der Waals surface area (Å²) in [5.74, 6) is -1.12. The number of ether oxygens (including phenoxy) is 1. The Hall–Kier alpha value is -1.95. The van der Waals surface area contributed by atoms with Crippen LogP contribution < -0.4 is 5.32 Å². The molecule has 2 rings (SSSR count). The predicted octanol–water partition coefficient (Wildman–Crippen LogP) is 0.684. The molecule has 1 atom stereocenters. The lowest BCUT2D eigenvalue weighted by molar-refractivity contribution is -0.136. The van der Waals surface area contributed by atoms with Gasteiger partial charge in [0.1, 0.15) is 0 Å². The number of amides is 1. The fourth-order valence-electron chi connectivity index (χ4n) is 1.74. The third-order valence-electron chi connectivity index (χ3n) is 2.73. The lowest BCUT2D eigenvalue weighted by Gasteiger charge is -2.09. The van der Waals surface area contributed by atoms with Crippen molar-refractivity contribution >= 4 is 17.6 Å². The van der Waals surface area contributed by atoms with Crippen LogP contribution in [0.2, 0.25) is 0 Å². The molecule has 1 aromatic rings. The maximum atomic E-state index is 11.8. The Bertz CT molecular complexity index is 438. The number of carbonyl (C=O) groups excluding carboxylic acids is 1. The number of hydrogen-bond acceptors (Lipinski definition) is 4. The Kier molecular flexibility index (Phi) is 3.88. The third-order valence-corrected chi connectivity index (χ3v) is 2.73. The Morgan fingerprint density at radius 1 is 1.50 bits per heavy atom. The molecule has 1 amide bonds. The molecule has 1 aromatic heterocycles. The maximum Gasteiger partial charge on any atom is 0.309 e. The molecule has 2 heterocycles. The van der Waals surface area contributed by atoms with E-state index in [1.165, 1.54) is 6.20 Å². The highest BCUT2D eigenvalue weighted by atomic mass is 16.5. The van der Waals surface area contributed by atoms with E-state index in [9.17, 15) is 9.59 Å². The number of pyridine rings is 1. The summed E-state index contributed by atoms with van der Waals surface area (Å²) in [6.07, 6.45) is 2.08. The van der Waals surface area contributed by atoms with Crippen molar-refractivity contribution in [1.29, 1.82) is 0 Å². The fourth-order valence-corrected chi connectivity index (χ4v) is 1.74. The number of hydrogen-bond donors (Lipinski definition) is 2. The van der Waals surface area contributed by atoms with Gasteiger partial charge in [-0.1, -0.05) is 0 Å². The van der Waals surface area contributed by atoms with Gasteiger partial charge in [-0.2, -0.15) is 0 Å². The van der Waals surface area contributed by atoms with Crippen LogP contribution in [0.3, 0.4) is 0 Å². The standard InChI is InChI=1S/C12H14N2O4/c15-11(16)5-9-1-2-10(6-13-9)14-12(17)8-3-4-18-7-8/h1-2,6,8H,3-5,7H2,(H,14,17)(H,15,16). The first-order valence-corrected chi connectivity index (χ1v) is 5.70. The van der Waals surface area contributed by atoms with Gasteiger partial charge >= 0.3 is 5.97 Å². The molecule has 1 saturated heterocycles. The van der Waals surface area contributed by atoms with Crippen molar-refractivity contribution in [3.63, 3.8) is 0 Å². The van der Waals surface area contributed by atoms with E-state index < -0.39 is 5.97 Å². The van der Waals surface area contributed by atoms with E-state index in [0.29, 0.717) is 24.6 Å². The van der Waals surface area contributed by atoms with Gasteiger partial charge in [-0.05, 0) is 18.6 Å². The largest absolute Gasteiger partial charge is 0.481 e. The number of carboxylic acids is 1. The molecule has 0 aliphatic carbocycles. The van der Waals surface area contributed by atoms with Crippen LogP contribution in [0.4, 0.5) is 5.69 Å². The van der Waals surface area contributed by atoms with Gasteiger partial charge in [-0.3, -0.25) is 14.6 Å². The molecule has 0 aromatic carbocycles. The molecule has 0 spiro atoms. The zero-order valence-electron chi connectivity index (χ0n) is 9.76. The summed E-state index contributed by atoms with van der Waals surface area (Å²) in [6.45, 7) is 1.07. The average Bonchev–Trinajstić information content (AvgIpc) is 2.84. The Labute approximate surface area is 104 Å². The monoisotopic (exact) mass is 250 g/mol. The Morgan fingerprint density at radius 2 is 2.33 bits per heavy atom. The van der Waals surface area contributed by atoms with Crippen LogP contribution in [0.25, 0.3) is 0 Å². The second-order valence-corrected chi connectivity index (χ2v) is 4.16. The van der Waals surface area contributed by atoms with E-state index in [0.717, 1.165) is 6.42 Å². The minimum atomic E-state index is -0.928. The van der Waals surface area contributed by atoms with E-state index in [-0.39, 0.29) is 18.2 Å². The molecule has 1 unspecified atom stereocenters. The SMILES string of the molecule is O=C(O)Cc1ccc(NC(=O)C2CCOC2)cn1. The van der Waals surface area contributed by atoms with Crippen molar-refractivity contribution < 1.29 is 19.4 Å². The molecular weight excluding hydrogens is 236 g/mol. The van der Waals surface area contributed by atoms with Crippen LogP contribution in [-0.2, 0) is 20.7 Å². The van der Waals surface area contributed by atoms with E-state index in [2.05, 4.69) is 10.3 Å². The fraction of sp³-hybridized carbons (Fsp3) is 0.417. The number of nitrogens with zero attached hydrogens (tertiary/aromatic N) is 1. The maximum absolute atomic E-state index is 11.8. The number of rotatable bonds is 4. The zero-order chi connectivity index (χ0) is 13.0. The molecule has 0 bridgehead atoms. The first-order valence-electron chi connectivity index (χ1n) is 5.70. The van der Waals surface area contributed by atoms with Crippen molar-refractivity contribution in [1.82, 2.24) is 4.98 Å². The summed E-state index contributed by atoms with van der Waals surface area (Å²) in [6, 6.07) is 3.24. The zero-order valence-corrected chi connectivity index (χ0v) is 9.76. The molecule has 6 nitrogen and oxygen atoms in total. The smallest absolute Gasteiger partial charge is 0.309 e. The van der Waals surface area contributed by atoms with Gasteiger partial charge in [-0.25, -0.2) is 0 Å². The normalized spacial score (nSPS) is 18.6. The second kappa shape index (κ2) is 5.59. The Balaban J connectivity index is 1.93. The highest BCUT2D eigenvalue weighted by Crippen LogP contribution is 2.15. The van der Waals surface area contributed by atoms with E-state index in [1.807, 2.05) is 0 Å². The van der Waals surface area contributed by atoms with Crippen LogP contribution in [0, 0.1) is 5.92 Å². The minimum absolute atomic E-state index is 0.0831. The van der Waals surface area contributed by atoms with E-state index in [4.69, 9.17) is 9.84 Å². The van der Waals surface area contributed by atoms with E-state index in [1.54, 1.807) is 12.1 Å². The van der Waals surface area contributed by atoms with Gasteiger partial charge in [0.2, 0.25) is 5.91 Å². The van der Waals surface area contributed by atoms with Crippen LogP contribution in [0.5, 0.6) is 0 Å².